The number of hydrogen-bond donors (Lipinski definition) is 2. The summed E-state index contributed by atoms with van der Waals surface area (Å²) in [5.41, 5.74) is 0. The minimum atomic E-state index is -0.412. The first kappa shape index (κ1) is 25.0. The molecule has 1 saturated carbocycles. The summed E-state index contributed by atoms with van der Waals surface area (Å²) in [5, 5.41) is 13.6. The van der Waals surface area contributed by atoms with Gasteiger partial charge in [-0.3, -0.25) is 9.59 Å². The summed E-state index contributed by atoms with van der Waals surface area (Å²) in [7, 11) is 0. The van der Waals surface area contributed by atoms with Gasteiger partial charge in [0.1, 0.15) is 6.04 Å². The number of nitrogens with one attached hydrogen (secondary N) is 1. The predicted octanol–water partition coefficient (Wildman–Crippen LogP) is 3.08. The van der Waals surface area contributed by atoms with E-state index in [9.17, 15) is 14.7 Å². The van der Waals surface area contributed by atoms with Crippen LogP contribution in [0.25, 0.3) is 0 Å². The molecule has 0 bridgehead atoms. The third-order valence-corrected chi connectivity index (χ3v) is 5.74. The molecule has 162 valence electrons. The standard InChI is InChI=1S/C21H37NO5S/c1-3-26-20(24)16-28-15-9-8-12-18(21(25)27-4-2)22-14-13-19(23)17-10-6-5-7-11-17/h8-9,17-19,22-23H,3-7,10-16H2,1-2H3/b9-8-. The zero-order chi connectivity index (χ0) is 20.6. The number of esters is 2. The second kappa shape index (κ2) is 15.8. The van der Waals surface area contributed by atoms with Crippen molar-refractivity contribution < 1.29 is 24.2 Å². The quantitative estimate of drug-likeness (QED) is 0.256. The number of thioether (sulfide) groups is 1. The number of hydrogen-bond acceptors (Lipinski definition) is 7. The number of carbonyl (C=O) groups excluding carboxylic acids is 2. The Labute approximate surface area is 173 Å². The summed E-state index contributed by atoms with van der Waals surface area (Å²) < 4.78 is 10.0. The van der Waals surface area contributed by atoms with E-state index in [0.29, 0.717) is 50.0 Å². The molecule has 2 atom stereocenters. The van der Waals surface area contributed by atoms with Gasteiger partial charge in [0.15, 0.2) is 0 Å². The molecule has 2 unspecified atom stereocenters. The monoisotopic (exact) mass is 415 g/mol. The summed E-state index contributed by atoms with van der Waals surface area (Å²) in [4.78, 5) is 23.4. The molecule has 7 heteroatoms. The van der Waals surface area contributed by atoms with Crippen LogP contribution < -0.4 is 5.32 Å². The predicted molar refractivity (Wildman–Crippen MR) is 113 cm³/mol. The molecule has 1 fully saturated rings. The number of carbonyl (C=O) groups is 2. The average Bonchev–Trinajstić information content (AvgIpc) is 2.70. The van der Waals surface area contributed by atoms with Crippen LogP contribution in [-0.4, -0.2) is 60.5 Å². The molecule has 0 aromatic carbocycles. The van der Waals surface area contributed by atoms with Crippen LogP contribution >= 0.6 is 11.8 Å². The van der Waals surface area contributed by atoms with Gasteiger partial charge in [-0.05, 0) is 52.0 Å². The van der Waals surface area contributed by atoms with Gasteiger partial charge >= 0.3 is 11.9 Å². The Morgan fingerprint density at radius 2 is 1.86 bits per heavy atom. The third-order valence-electron chi connectivity index (χ3n) is 4.87. The first-order valence-corrected chi connectivity index (χ1v) is 11.7. The second-order valence-electron chi connectivity index (χ2n) is 7.04. The van der Waals surface area contributed by atoms with Gasteiger partial charge in [0.05, 0.1) is 25.1 Å². The average molecular weight is 416 g/mol. The molecule has 6 nitrogen and oxygen atoms in total. The van der Waals surface area contributed by atoms with E-state index in [1.54, 1.807) is 13.8 Å². The maximum absolute atomic E-state index is 12.2. The maximum atomic E-state index is 12.2. The van der Waals surface area contributed by atoms with E-state index >= 15 is 0 Å². The van der Waals surface area contributed by atoms with Crippen molar-refractivity contribution >= 4 is 23.7 Å². The molecule has 28 heavy (non-hydrogen) atoms. The topological polar surface area (TPSA) is 84.9 Å². The molecule has 0 aliphatic heterocycles. The van der Waals surface area contributed by atoms with Crippen molar-refractivity contribution in [2.75, 3.05) is 31.3 Å². The summed E-state index contributed by atoms with van der Waals surface area (Å²) in [6.45, 7) is 4.92. The van der Waals surface area contributed by atoms with Crippen LogP contribution in [0.3, 0.4) is 0 Å². The Morgan fingerprint density at radius 3 is 2.54 bits per heavy atom. The molecule has 2 N–H and O–H groups in total. The van der Waals surface area contributed by atoms with Gasteiger partial charge in [0.2, 0.25) is 0 Å². The van der Waals surface area contributed by atoms with Crippen LogP contribution in [0, 0.1) is 5.92 Å². The van der Waals surface area contributed by atoms with Crippen LogP contribution in [0.2, 0.25) is 0 Å². The number of aliphatic hydroxyl groups is 1. The van der Waals surface area contributed by atoms with Crippen molar-refractivity contribution in [3.63, 3.8) is 0 Å². The Kier molecular flexibility index (Phi) is 14.1. The molecule has 0 amide bonds. The van der Waals surface area contributed by atoms with Gasteiger partial charge in [-0.1, -0.05) is 31.4 Å². The Morgan fingerprint density at radius 1 is 1.14 bits per heavy atom. The SMILES string of the molecule is CCOC(=O)CSC/C=C\CC(NCCC(O)C1CCCCC1)C(=O)OCC. The van der Waals surface area contributed by atoms with Gasteiger partial charge in [-0.15, -0.1) is 11.8 Å². The molecule has 1 aliphatic rings. The highest BCUT2D eigenvalue weighted by Gasteiger charge is 2.23. The molecule has 0 spiro atoms. The van der Waals surface area contributed by atoms with E-state index in [1.165, 1.54) is 31.0 Å². The highest BCUT2D eigenvalue weighted by atomic mass is 32.2. The van der Waals surface area contributed by atoms with E-state index in [0.717, 1.165) is 12.8 Å². The fourth-order valence-corrected chi connectivity index (χ4v) is 4.02. The fourth-order valence-electron chi connectivity index (χ4n) is 3.38. The van der Waals surface area contributed by atoms with Gasteiger partial charge in [-0.2, -0.15) is 0 Å². The molecule has 1 rings (SSSR count). The normalized spacial score (nSPS) is 17.4. The fraction of sp³-hybridized carbons (Fsp3) is 0.810. The van der Waals surface area contributed by atoms with E-state index in [2.05, 4.69) is 5.32 Å². The first-order valence-electron chi connectivity index (χ1n) is 10.5. The minimum absolute atomic E-state index is 0.205. The van der Waals surface area contributed by atoms with Gasteiger partial charge in [0, 0.05) is 5.75 Å². The summed E-state index contributed by atoms with van der Waals surface area (Å²) in [5.74, 6) is 0.945. The van der Waals surface area contributed by atoms with Crippen LogP contribution in [0.5, 0.6) is 0 Å². The third kappa shape index (κ3) is 11.1. The van der Waals surface area contributed by atoms with Gasteiger partial charge < -0.3 is 19.9 Å². The highest BCUT2D eigenvalue weighted by Crippen LogP contribution is 2.27. The van der Waals surface area contributed by atoms with Crippen molar-refractivity contribution in [2.24, 2.45) is 5.92 Å². The van der Waals surface area contributed by atoms with E-state index in [1.807, 2.05) is 12.2 Å². The summed E-state index contributed by atoms with van der Waals surface area (Å²) in [6, 6.07) is -0.412. The summed E-state index contributed by atoms with van der Waals surface area (Å²) in [6.07, 6.45) is 10.7. The number of rotatable bonds is 14. The van der Waals surface area contributed by atoms with Crippen LogP contribution in [0.15, 0.2) is 12.2 Å². The smallest absolute Gasteiger partial charge is 0.323 e. The molecule has 0 saturated heterocycles. The molecule has 0 heterocycles. The minimum Gasteiger partial charge on any atom is -0.465 e. The van der Waals surface area contributed by atoms with Crippen molar-refractivity contribution in [1.29, 1.82) is 0 Å². The lowest BCUT2D eigenvalue weighted by Gasteiger charge is -2.27. The Bertz CT molecular complexity index is 466. The lowest BCUT2D eigenvalue weighted by molar-refractivity contribution is -0.145. The highest BCUT2D eigenvalue weighted by molar-refractivity contribution is 8.00. The van der Waals surface area contributed by atoms with Gasteiger partial charge in [-0.25, -0.2) is 0 Å². The zero-order valence-electron chi connectivity index (χ0n) is 17.4. The van der Waals surface area contributed by atoms with Crippen molar-refractivity contribution in [2.45, 2.75) is 70.9 Å². The molecule has 0 aromatic rings. The van der Waals surface area contributed by atoms with Crippen LogP contribution in [-0.2, 0) is 19.1 Å². The first-order chi connectivity index (χ1) is 13.6. The van der Waals surface area contributed by atoms with Crippen LogP contribution in [0.1, 0.15) is 58.8 Å². The van der Waals surface area contributed by atoms with Gasteiger partial charge in [0.25, 0.3) is 0 Å². The Hall–Kier alpha value is -1.05. The lowest BCUT2D eigenvalue weighted by atomic mass is 9.84. The molecule has 0 aromatic heterocycles. The Balaban J connectivity index is 2.31. The number of aliphatic hydroxyl groups excluding tert-OH is 1. The number of ether oxygens (including phenoxy) is 2. The maximum Gasteiger partial charge on any atom is 0.323 e. The largest absolute Gasteiger partial charge is 0.465 e. The molecule has 1 aliphatic carbocycles. The van der Waals surface area contributed by atoms with E-state index in [4.69, 9.17) is 9.47 Å². The van der Waals surface area contributed by atoms with Crippen molar-refractivity contribution in [3.8, 4) is 0 Å². The zero-order valence-corrected chi connectivity index (χ0v) is 18.2. The van der Waals surface area contributed by atoms with E-state index < -0.39 is 6.04 Å². The second-order valence-corrected chi connectivity index (χ2v) is 8.07. The molecular weight excluding hydrogens is 378 g/mol. The van der Waals surface area contributed by atoms with Crippen molar-refractivity contribution in [3.05, 3.63) is 12.2 Å². The lowest BCUT2D eigenvalue weighted by Crippen LogP contribution is -2.39. The molecule has 0 radical (unpaired) electrons. The summed E-state index contributed by atoms with van der Waals surface area (Å²) >= 11 is 1.48. The molecular formula is C21H37NO5S. The van der Waals surface area contributed by atoms with E-state index in [-0.39, 0.29) is 18.0 Å². The van der Waals surface area contributed by atoms with Crippen LogP contribution in [0.4, 0.5) is 0 Å². The van der Waals surface area contributed by atoms with Crippen molar-refractivity contribution in [1.82, 2.24) is 5.32 Å².